The van der Waals surface area contributed by atoms with Crippen LogP contribution in [0.2, 0.25) is 0 Å². The first-order valence-corrected chi connectivity index (χ1v) is 12.2. The summed E-state index contributed by atoms with van der Waals surface area (Å²) < 4.78 is 31.0. The number of nitrogen functional groups attached to an aromatic ring is 1. The highest BCUT2D eigenvalue weighted by atomic mass is 32.2. The van der Waals surface area contributed by atoms with Crippen molar-refractivity contribution in [3.05, 3.63) is 60.3 Å². The fraction of sp³-hybridized carbons (Fsp3) is 0.227. The van der Waals surface area contributed by atoms with Gasteiger partial charge in [0.2, 0.25) is 15.7 Å². The Morgan fingerprint density at radius 1 is 1.19 bits per heavy atom. The number of rotatable bonds is 8. The molecule has 0 aliphatic rings. The molecule has 0 atom stereocenters. The van der Waals surface area contributed by atoms with Crippen molar-refractivity contribution in [2.45, 2.75) is 34.7 Å². The van der Waals surface area contributed by atoms with Crippen LogP contribution in [-0.2, 0) is 14.6 Å². The second-order valence-electron chi connectivity index (χ2n) is 7.20. The van der Waals surface area contributed by atoms with Crippen molar-refractivity contribution in [1.29, 1.82) is 0 Å². The average Bonchev–Trinajstić information content (AvgIpc) is 2.77. The predicted octanol–water partition coefficient (Wildman–Crippen LogP) is 3.75. The fourth-order valence-corrected chi connectivity index (χ4v) is 4.71. The number of ether oxygens (including phenoxy) is 1. The number of sulfone groups is 1. The summed E-state index contributed by atoms with van der Waals surface area (Å²) in [4.78, 5) is 20.3. The topological polar surface area (TPSA) is 124 Å². The minimum Gasteiger partial charge on any atom is -0.497 e. The monoisotopic (exact) mass is 472 g/mol. The van der Waals surface area contributed by atoms with E-state index in [1.165, 1.54) is 6.20 Å². The van der Waals surface area contributed by atoms with Gasteiger partial charge in [-0.25, -0.2) is 18.4 Å². The van der Waals surface area contributed by atoms with Gasteiger partial charge in [0.15, 0.2) is 5.16 Å². The lowest BCUT2D eigenvalue weighted by Gasteiger charge is -2.10. The van der Waals surface area contributed by atoms with E-state index < -0.39 is 9.84 Å². The van der Waals surface area contributed by atoms with Gasteiger partial charge in [0.1, 0.15) is 16.5 Å². The lowest BCUT2D eigenvalue weighted by Crippen LogP contribution is -2.14. The molecule has 1 amide bonds. The van der Waals surface area contributed by atoms with E-state index >= 15 is 0 Å². The minimum absolute atomic E-state index is 0.0272. The molecule has 1 heterocycles. The van der Waals surface area contributed by atoms with Gasteiger partial charge in [0, 0.05) is 11.8 Å². The van der Waals surface area contributed by atoms with Crippen LogP contribution >= 0.6 is 11.8 Å². The van der Waals surface area contributed by atoms with Gasteiger partial charge in [-0.2, -0.15) is 0 Å². The second kappa shape index (κ2) is 10.0. The van der Waals surface area contributed by atoms with E-state index in [0.29, 0.717) is 11.4 Å². The van der Waals surface area contributed by atoms with Gasteiger partial charge in [0.05, 0.1) is 24.0 Å². The number of benzene rings is 2. The number of hydrogen-bond acceptors (Lipinski definition) is 8. The Morgan fingerprint density at radius 2 is 1.91 bits per heavy atom. The molecule has 0 bridgehead atoms. The zero-order chi connectivity index (χ0) is 23.3. The Balaban J connectivity index is 1.68. The summed E-state index contributed by atoms with van der Waals surface area (Å²) in [6.45, 7) is 4.06. The van der Waals surface area contributed by atoms with Crippen LogP contribution in [0, 0.1) is 0 Å². The lowest BCUT2D eigenvalue weighted by molar-refractivity contribution is -0.113. The van der Waals surface area contributed by atoms with Crippen molar-refractivity contribution in [3.8, 4) is 5.75 Å². The Bertz CT molecular complexity index is 1210. The standard InChI is InChI=1S/C22H24N4O4S2/c1-14(2)15-7-9-18(10-8-15)32(28,29)19-12-24-22(26-21(19)23)31-13-20(27)25-16-5-4-6-17(11-16)30-3/h4-12,14H,13H2,1-3H3,(H,25,27)(H2,23,24,26). The number of hydrogen-bond donors (Lipinski definition) is 2. The Kier molecular flexibility index (Phi) is 7.37. The molecule has 0 radical (unpaired) electrons. The number of carbonyl (C=O) groups is 1. The summed E-state index contributed by atoms with van der Waals surface area (Å²) in [5.41, 5.74) is 7.56. The molecule has 0 saturated heterocycles. The molecule has 2 aromatic carbocycles. The van der Waals surface area contributed by atoms with Crippen molar-refractivity contribution < 1.29 is 17.9 Å². The van der Waals surface area contributed by atoms with Gasteiger partial charge >= 0.3 is 0 Å². The number of thioether (sulfide) groups is 1. The van der Waals surface area contributed by atoms with Gasteiger partial charge < -0.3 is 15.8 Å². The summed E-state index contributed by atoms with van der Waals surface area (Å²) in [6.07, 6.45) is 1.18. The summed E-state index contributed by atoms with van der Waals surface area (Å²) in [5.74, 6) is 0.509. The number of nitrogens with one attached hydrogen (secondary N) is 1. The predicted molar refractivity (Wildman–Crippen MR) is 125 cm³/mol. The van der Waals surface area contributed by atoms with Crippen molar-refractivity contribution >= 4 is 39.0 Å². The zero-order valence-corrected chi connectivity index (χ0v) is 19.5. The van der Waals surface area contributed by atoms with E-state index in [1.54, 1.807) is 55.6 Å². The smallest absolute Gasteiger partial charge is 0.234 e. The van der Waals surface area contributed by atoms with Crippen LogP contribution in [-0.4, -0.2) is 37.2 Å². The molecule has 1 aromatic heterocycles. The van der Waals surface area contributed by atoms with Crippen molar-refractivity contribution in [3.63, 3.8) is 0 Å². The molecule has 10 heteroatoms. The molecule has 3 aromatic rings. The molecule has 0 spiro atoms. The third-order valence-corrected chi connectivity index (χ3v) is 7.24. The summed E-state index contributed by atoms with van der Waals surface area (Å²) in [5, 5.41) is 2.95. The number of methoxy groups -OCH3 is 1. The minimum atomic E-state index is -3.86. The number of nitrogens with two attached hydrogens (primary N) is 1. The molecule has 0 aliphatic heterocycles. The molecule has 8 nitrogen and oxygen atoms in total. The number of amides is 1. The molecular weight excluding hydrogens is 448 g/mol. The van der Waals surface area contributed by atoms with Crippen LogP contribution in [0.4, 0.5) is 11.5 Å². The second-order valence-corrected chi connectivity index (χ2v) is 10.1. The van der Waals surface area contributed by atoms with E-state index in [0.717, 1.165) is 17.3 Å². The third-order valence-electron chi connectivity index (χ3n) is 4.59. The van der Waals surface area contributed by atoms with Crippen LogP contribution in [0.15, 0.2) is 69.7 Å². The summed E-state index contributed by atoms with van der Waals surface area (Å²) in [6, 6.07) is 13.6. The molecule has 3 N–H and O–H groups in total. The summed E-state index contributed by atoms with van der Waals surface area (Å²) >= 11 is 1.05. The fourth-order valence-electron chi connectivity index (χ4n) is 2.83. The first kappa shape index (κ1) is 23.6. The van der Waals surface area contributed by atoms with Gasteiger partial charge in [-0.1, -0.05) is 43.8 Å². The summed E-state index contributed by atoms with van der Waals surface area (Å²) in [7, 11) is -2.31. The maximum Gasteiger partial charge on any atom is 0.234 e. The quantitative estimate of drug-likeness (QED) is 0.375. The highest BCUT2D eigenvalue weighted by Gasteiger charge is 2.23. The molecule has 3 rings (SSSR count). The van der Waals surface area contributed by atoms with Crippen LogP contribution in [0.5, 0.6) is 5.75 Å². The molecule has 0 fully saturated rings. The van der Waals surface area contributed by atoms with Crippen molar-refractivity contribution in [2.75, 3.05) is 23.9 Å². The van der Waals surface area contributed by atoms with Gasteiger partial charge in [0.25, 0.3) is 0 Å². The van der Waals surface area contributed by atoms with E-state index in [-0.39, 0.29) is 38.3 Å². The number of aromatic nitrogens is 2. The van der Waals surface area contributed by atoms with E-state index in [2.05, 4.69) is 15.3 Å². The third kappa shape index (κ3) is 5.57. The highest BCUT2D eigenvalue weighted by Crippen LogP contribution is 2.27. The molecular formula is C22H24N4O4S2. The van der Waals surface area contributed by atoms with E-state index in [1.807, 2.05) is 13.8 Å². The first-order chi connectivity index (χ1) is 15.2. The van der Waals surface area contributed by atoms with Gasteiger partial charge in [-0.3, -0.25) is 4.79 Å². The Morgan fingerprint density at radius 3 is 2.53 bits per heavy atom. The van der Waals surface area contributed by atoms with Gasteiger partial charge in [-0.05, 0) is 35.7 Å². The highest BCUT2D eigenvalue weighted by molar-refractivity contribution is 7.99. The van der Waals surface area contributed by atoms with Crippen LogP contribution in [0.1, 0.15) is 25.3 Å². The molecule has 168 valence electrons. The number of carbonyl (C=O) groups excluding carboxylic acids is 1. The molecule has 32 heavy (non-hydrogen) atoms. The zero-order valence-electron chi connectivity index (χ0n) is 17.9. The Labute approximate surface area is 191 Å². The number of anilines is 2. The van der Waals surface area contributed by atoms with E-state index in [9.17, 15) is 13.2 Å². The van der Waals surface area contributed by atoms with Crippen molar-refractivity contribution in [1.82, 2.24) is 9.97 Å². The van der Waals surface area contributed by atoms with Crippen LogP contribution < -0.4 is 15.8 Å². The molecule has 0 saturated carbocycles. The maximum absolute atomic E-state index is 12.9. The van der Waals surface area contributed by atoms with Crippen LogP contribution in [0.25, 0.3) is 0 Å². The van der Waals surface area contributed by atoms with E-state index in [4.69, 9.17) is 10.5 Å². The average molecular weight is 473 g/mol. The van der Waals surface area contributed by atoms with Crippen LogP contribution in [0.3, 0.4) is 0 Å². The molecule has 0 aliphatic carbocycles. The first-order valence-electron chi connectivity index (χ1n) is 9.75. The lowest BCUT2D eigenvalue weighted by atomic mass is 10.0. The normalized spacial score (nSPS) is 11.4. The SMILES string of the molecule is COc1cccc(NC(=O)CSc2ncc(S(=O)(=O)c3ccc(C(C)C)cc3)c(N)n2)c1. The largest absolute Gasteiger partial charge is 0.497 e. The molecule has 0 unspecified atom stereocenters. The van der Waals surface area contributed by atoms with Crippen molar-refractivity contribution in [2.24, 2.45) is 0 Å². The number of nitrogens with zero attached hydrogens (tertiary/aromatic N) is 2. The Hall–Kier alpha value is -3.11. The maximum atomic E-state index is 12.9. The van der Waals surface area contributed by atoms with Gasteiger partial charge in [-0.15, -0.1) is 0 Å².